The van der Waals surface area contributed by atoms with Gasteiger partial charge in [0.15, 0.2) is 5.65 Å². The average Bonchev–Trinajstić information content (AvgIpc) is 3.43. The summed E-state index contributed by atoms with van der Waals surface area (Å²) in [5.41, 5.74) is 10.3. The molecule has 33 heavy (non-hydrogen) atoms. The molecule has 174 valence electrons. The molecule has 1 aromatic carbocycles. The van der Waals surface area contributed by atoms with E-state index < -0.39 is 5.91 Å². The van der Waals surface area contributed by atoms with Crippen LogP contribution in [-0.2, 0) is 16.0 Å². The number of primary amides is 1. The maximum Gasteiger partial charge on any atom is 0.254 e. The maximum absolute atomic E-state index is 12.8. The van der Waals surface area contributed by atoms with Crippen LogP contribution in [0.2, 0.25) is 0 Å². The summed E-state index contributed by atoms with van der Waals surface area (Å²) in [5.74, 6) is -0.0538. The molecular formula is C24H29N5O4. The van der Waals surface area contributed by atoms with Crippen molar-refractivity contribution >= 4 is 23.1 Å². The first-order valence-corrected chi connectivity index (χ1v) is 11.1. The number of carbonyl (C=O) groups excluding carboxylic acids is 2. The number of benzene rings is 1. The molecule has 2 amide bonds. The lowest BCUT2D eigenvalue weighted by molar-refractivity contribution is -0.116. The molecule has 3 aromatic rings. The number of hydrogen-bond donors (Lipinski definition) is 2. The normalized spacial score (nSPS) is 15.7. The van der Waals surface area contributed by atoms with Crippen molar-refractivity contribution in [2.24, 2.45) is 5.73 Å². The summed E-state index contributed by atoms with van der Waals surface area (Å²) in [6.45, 7) is 6.97. The zero-order valence-electron chi connectivity index (χ0n) is 19.2. The van der Waals surface area contributed by atoms with Crippen molar-refractivity contribution in [1.29, 1.82) is 0 Å². The molecule has 9 heteroatoms. The van der Waals surface area contributed by atoms with Crippen LogP contribution in [0.3, 0.4) is 0 Å². The van der Waals surface area contributed by atoms with Crippen LogP contribution >= 0.6 is 0 Å². The average molecular weight is 452 g/mol. The fourth-order valence-electron chi connectivity index (χ4n) is 4.11. The molecule has 9 nitrogen and oxygen atoms in total. The molecule has 1 atom stereocenters. The number of anilines is 1. The van der Waals surface area contributed by atoms with Gasteiger partial charge in [-0.25, -0.2) is 9.50 Å². The molecule has 0 radical (unpaired) electrons. The molecule has 1 saturated heterocycles. The number of hydrogen-bond acceptors (Lipinski definition) is 6. The van der Waals surface area contributed by atoms with Crippen LogP contribution in [-0.4, -0.2) is 45.7 Å². The third-order valence-electron chi connectivity index (χ3n) is 5.94. The van der Waals surface area contributed by atoms with E-state index in [9.17, 15) is 9.59 Å². The third-order valence-corrected chi connectivity index (χ3v) is 5.94. The number of ether oxygens (including phenoxy) is 2. The highest BCUT2D eigenvalue weighted by molar-refractivity contribution is 5.98. The number of nitrogens with zero attached hydrogens (tertiary/aromatic N) is 3. The second kappa shape index (κ2) is 9.58. The maximum atomic E-state index is 12.8. The van der Waals surface area contributed by atoms with E-state index in [1.54, 1.807) is 4.52 Å². The van der Waals surface area contributed by atoms with E-state index in [-0.39, 0.29) is 24.0 Å². The van der Waals surface area contributed by atoms with Gasteiger partial charge in [-0.05, 0) is 63.3 Å². The number of carbonyl (C=O) groups is 2. The van der Waals surface area contributed by atoms with E-state index in [0.717, 1.165) is 42.0 Å². The quantitative estimate of drug-likeness (QED) is 0.543. The Hall–Kier alpha value is -3.46. The minimum Gasteiger partial charge on any atom is -0.489 e. The molecule has 0 saturated carbocycles. The first-order chi connectivity index (χ1) is 15.8. The Labute approximate surface area is 192 Å². The Kier molecular flexibility index (Phi) is 6.60. The molecule has 0 bridgehead atoms. The van der Waals surface area contributed by atoms with Crippen LogP contribution < -0.4 is 15.8 Å². The summed E-state index contributed by atoms with van der Waals surface area (Å²) < 4.78 is 13.2. The van der Waals surface area contributed by atoms with Gasteiger partial charge >= 0.3 is 0 Å². The van der Waals surface area contributed by atoms with E-state index >= 15 is 0 Å². The lowest BCUT2D eigenvalue weighted by Gasteiger charge is -2.16. The zero-order chi connectivity index (χ0) is 23.5. The van der Waals surface area contributed by atoms with Gasteiger partial charge in [0.1, 0.15) is 17.9 Å². The van der Waals surface area contributed by atoms with Crippen LogP contribution in [0.4, 0.5) is 5.69 Å². The minimum atomic E-state index is -0.570. The van der Waals surface area contributed by atoms with Crippen molar-refractivity contribution < 1.29 is 19.1 Å². The SMILES string of the molecule is Cc1ccc(NC(=O)CCc2c(C)nc3c(C(N)=O)cnn3c2C)c(OCC2CCCO2)c1. The van der Waals surface area contributed by atoms with Crippen LogP contribution in [0.5, 0.6) is 5.75 Å². The highest BCUT2D eigenvalue weighted by Crippen LogP contribution is 2.27. The van der Waals surface area contributed by atoms with Crippen LogP contribution in [0.15, 0.2) is 24.4 Å². The number of aryl methyl sites for hydroxylation is 3. The molecule has 0 aliphatic carbocycles. The molecule has 1 aliphatic rings. The lowest BCUT2D eigenvalue weighted by atomic mass is 10.1. The Balaban J connectivity index is 1.44. The second-order valence-electron chi connectivity index (χ2n) is 8.41. The van der Waals surface area contributed by atoms with E-state index in [2.05, 4.69) is 15.4 Å². The van der Waals surface area contributed by atoms with Gasteiger partial charge in [0, 0.05) is 24.4 Å². The monoisotopic (exact) mass is 451 g/mol. The van der Waals surface area contributed by atoms with Gasteiger partial charge in [-0.3, -0.25) is 9.59 Å². The molecule has 3 heterocycles. The molecule has 2 aromatic heterocycles. The number of aromatic nitrogens is 3. The molecule has 0 spiro atoms. The fourth-order valence-corrected chi connectivity index (χ4v) is 4.11. The van der Waals surface area contributed by atoms with Crippen molar-refractivity contribution in [3.8, 4) is 5.75 Å². The van der Waals surface area contributed by atoms with Gasteiger partial charge < -0.3 is 20.5 Å². The molecule has 4 rings (SSSR count). The number of nitrogens with two attached hydrogens (primary N) is 1. The Morgan fingerprint density at radius 1 is 1.30 bits per heavy atom. The van der Waals surface area contributed by atoms with Crippen molar-refractivity contribution in [2.75, 3.05) is 18.5 Å². The van der Waals surface area contributed by atoms with Gasteiger partial charge in [0.2, 0.25) is 5.91 Å². The predicted molar refractivity (Wildman–Crippen MR) is 124 cm³/mol. The zero-order valence-corrected chi connectivity index (χ0v) is 19.2. The Bertz CT molecular complexity index is 1200. The van der Waals surface area contributed by atoms with Gasteiger partial charge in [0.05, 0.1) is 18.0 Å². The first kappa shape index (κ1) is 22.7. The van der Waals surface area contributed by atoms with Crippen LogP contribution in [0.1, 0.15) is 52.1 Å². The third kappa shape index (κ3) is 4.98. The summed E-state index contributed by atoms with van der Waals surface area (Å²) in [7, 11) is 0. The molecule has 3 N–H and O–H groups in total. The highest BCUT2D eigenvalue weighted by Gasteiger charge is 2.19. The summed E-state index contributed by atoms with van der Waals surface area (Å²) >= 11 is 0. The predicted octanol–water partition coefficient (Wildman–Crippen LogP) is 2.88. The van der Waals surface area contributed by atoms with E-state index in [1.807, 2.05) is 39.0 Å². The van der Waals surface area contributed by atoms with Gasteiger partial charge in [-0.1, -0.05) is 6.07 Å². The smallest absolute Gasteiger partial charge is 0.254 e. The van der Waals surface area contributed by atoms with Crippen LogP contribution in [0, 0.1) is 20.8 Å². The Morgan fingerprint density at radius 2 is 2.12 bits per heavy atom. The molecule has 1 fully saturated rings. The number of nitrogens with one attached hydrogen (secondary N) is 1. The number of rotatable bonds is 8. The highest BCUT2D eigenvalue weighted by atomic mass is 16.5. The minimum absolute atomic E-state index is 0.0970. The number of amides is 2. The molecule has 1 aliphatic heterocycles. The number of fused-ring (bicyclic) bond motifs is 1. The standard InChI is InChI=1S/C24H29N5O4/c1-14-6-8-20(21(11-14)33-13-17-5-4-10-32-17)28-22(30)9-7-18-15(2)27-24-19(23(25)31)12-26-29(24)16(18)3/h6,8,11-12,17H,4-5,7,9-10,13H2,1-3H3,(H2,25,31)(H,28,30). The summed E-state index contributed by atoms with van der Waals surface area (Å²) in [6, 6.07) is 5.72. The topological polar surface area (TPSA) is 121 Å². The Morgan fingerprint density at radius 3 is 2.85 bits per heavy atom. The van der Waals surface area contributed by atoms with E-state index in [1.165, 1.54) is 6.20 Å². The van der Waals surface area contributed by atoms with Crippen molar-refractivity contribution in [3.63, 3.8) is 0 Å². The van der Waals surface area contributed by atoms with E-state index in [4.69, 9.17) is 15.2 Å². The largest absolute Gasteiger partial charge is 0.489 e. The first-order valence-electron chi connectivity index (χ1n) is 11.1. The van der Waals surface area contributed by atoms with Crippen molar-refractivity contribution in [2.45, 2.75) is 52.6 Å². The molecular weight excluding hydrogens is 422 g/mol. The van der Waals surface area contributed by atoms with Crippen molar-refractivity contribution in [3.05, 3.63) is 52.5 Å². The van der Waals surface area contributed by atoms with Crippen molar-refractivity contribution in [1.82, 2.24) is 14.6 Å². The summed E-state index contributed by atoms with van der Waals surface area (Å²) in [4.78, 5) is 28.9. The molecule has 1 unspecified atom stereocenters. The van der Waals surface area contributed by atoms with Gasteiger partial charge in [-0.2, -0.15) is 5.10 Å². The fraction of sp³-hybridized carbons (Fsp3) is 0.417. The summed E-state index contributed by atoms with van der Waals surface area (Å²) in [5, 5.41) is 7.20. The lowest BCUT2D eigenvalue weighted by Crippen LogP contribution is -2.18. The summed E-state index contributed by atoms with van der Waals surface area (Å²) in [6.07, 6.45) is 4.30. The van der Waals surface area contributed by atoms with E-state index in [0.29, 0.717) is 30.1 Å². The van der Waals surface area contributed by atoms with Gasteiger partial charge in [-0.15, -0.1) is 0 Å². The van der Waals surface area contributed by atoms with Crippen LogP contribution in [0.25, 0.3) is 5.65 Å². The second-order valence-corrected chi connectivity index (χ2v) is 8.41. The van der Waals surface area contributed by atoms with Gasteiger partial charge in [0.25, 0.3) is 5.91 Å².